The molecule has 0 aliphatic heterocycles. The van der Waals surface area contributed by atoms with Gasteiger partial charge in [0.1, 0.15) is 19.8 Å². The fourth-order valence-corrected chi connectivity index (χ4v) is 4.30. The van der Waals surface area contributed by atoms with E-state index in [-0.39, 0.29) is 13.0 Å². The van der Waals surface area contributed by atoms with Crippen LogP contribution in [0.4, 0.5) is 0 Å². The highest BCUT2D eigenvalue weighted by atomic mass is 16.6. The van der Waals surface area contributed by atoms with Crippen molar-refractivity contribution in [3.8, 4) is 23.0 Å². The first-order valence-electron chi connectivity index (χ1n) is 14.3. The number of hydrogen-bond acceptors (Lipinski definition) is 8. The van der Waals surface area contributed by atoms with Crippen LogP contribution in [0.15, 0.2) is 116 Å². The molecule has 0 amide bonds. The number of ether oxygens (including phenoxy) is 6. The highest BCUT2D eigenvalue weighted by Crippen LogP contribution is 2.31. The molecule has 0 spiro atoms. The van der Waals surface area contributed by atoms with Crippen molar-refractivity contribution in [3.63, 3.8) is 0 Å². The normalized spacial score (nSPS) is 11.3. The Morgan fingerprint density at radius 1 is 0.711 bits per heavy atom. The van der Waals surface area contributed by atoms with E-state index in [2.05, 4.69) is 6.58 Å². The Morgan fingerprint density at radius 2 is 1.33 bits per heavy atom. The van der Waals surface area contributed by atoms with E-state index < -0.39 is 18.0 Å². The van der Waals surface area contributed by atoms with Crippen LogP contribution in [0.3, 0.4) is 0 Å². The third-order valence-corrected chi connectivity index (χ3v) is 6.59. The summed E-state index contributed by atoms with van der Waals surface area (Å²) < 4.78 is 33.6. The SMILES string of the molecule is C=CCOC(=O)C(Cc1ccc(OC)c(OC)c1)OC(=O)/C=C/c1ccc(OCc2ccccc2)c(OCc2ccccc2)c1. The molecule has 0 N–H and O–H groups in total. The van der Waals surface area contributed by atoms with Crippen LogP contribution >= 0.6 is 0 Å². The average molecular weight is 609 g/mol. The van der Waals surface area contributed by atoms with Crippen molar-refractivity contribution in [2.75, 3.05) is 20.8 Å². The number of carbonyl (C=O) groups excluding carboxylic acids is 2. The van der Waals surface area contributed by atoms with Crippen molar-refractivity contribution in [3.05, 3.63) is 138 Å². The summed E-state index contributed by atoms with van der Waals surface area (Å²) in [4.78, 5) is 25.7. The van der Waals surface area contributed by atoms with Crippen LogP contribution in [0, 0.1) is 0 Å². The van der Waals surface area contributed by atoms with Gasteiger partial charge in [0.05, 0.1) is 14.2 Å². The third kappa shape index (κ3) is 10.0. The van der Waals surface area contributed by atoms with Gasteiger partial charge < -0.3 is 28.4 Å². The number of methoxy groups -OCH3 is 2. The van der Waals surface area contributed by atoms with Crippen LogP contribution in [-0.2, 0) is 38.7 Å². The first-order chi connectivity index (χ1) is 22.0. The van der Waals surface area contributed by atoms with Crippen molar-refractivity contribution in [1.82, 2.24) is 0 Å². The summed E-state index contributed by atoms with van der Waals surface area (Å²) in [5, 5.41) is 0. The van der Waals surface area contributed by atoms with Crippen molar-refractivity contribution < 1.29 is 38.0 Å². The lowest BCUT2D eigenvalue weighted by atomic mass is 10.1. The number of carbonyl (C=O) groups is 2. The van der Waals surface area contributed by atoms with E-state index in [0.717, 1.165) is 11.1 Å². The zero-order valence-corrected chi connectivity index (χ0v) is 25.3. The molecule has 0 heterocycles. The van der Waals surface area contributed by atoms with E-state index in [4.69, 9.17) is 28.4 Å². The summed E-state index contributed by atoms with van der Waals surface area (Å²) >= 11 is 0. The monoisotopic (exact) mass is 608 g/mol. The molecule has 0 aromatic heterocycles. The van der Waals surface area contributed by atoms with Crippen LogP contribution in [0.25, 0.3) is 6.08 Å². The lowest BCUT2D eigenvalue weighted by Gasteiger charge is -2.17. The lowest BCUT2D eigenvalue weighted by Crippen LogP contribution is -2.31. The molecule has 8 nitrogen and oxygen atoms in total. The minimum atomic E-state index is -1.20. The molecule has 0 aliphatic carbocycles. The van der Waals surface area contributed by atoms with Crippen molar-refractivity contribution in [1.29, 1.82) is 0 Å². The molecule has 4 aromatic carbocycles. The number of rotatable bonds is 16. The Morgan fingerprint density at radius 3 is 1.96 bits per heavy atom. The topological polar surface area (TPSA) is 89.5 Å². The van der Waals surface area contributed by atoms with Gasteiger partial charge in [-0.25, -0.2) is 9.59 Å². The predicted molar refractivity (Wildman–Crippen MR) is 171 cm³/mol. The van der Waals surface area contributed by atoms with E-state index in [1.165, 1.54) is 26.4 Å². The van der Waals surface area contributed by atoms with E-state index in [9.17, 15) is 9.59 Å². The Bertz CT molecular complexity index is 1580. The van der Waals surface area contributed by atoms with Gasteiger partial charge in [0.15, 0.2) is 23.0 Å². The molecule has 0 bridgehead atoms. The van der Waals surface area contributed by atoms with Crippen molar-refractivity contribution in [2.45, 2.75) is 25.7 Å². The van der Waals surface area contributed by atoms with E-state index in [1.807, 2.05) is 60.7 Å². The Balaban J connectivity index is 1.49. The maximum Gasteiger partial charge on any atom is 0.348 e. The first-order valence-corrected chi connectivity index (χ1v) is 14.3. The van der Waals surface area contributed by atoms with Crippen molar-refractivity contribution >= 4 is 18.0 Å². The molecular formula is C37H36O8. The minimum absolute atomic E-state index is 0.0148. The maximum atomic E-state index is 12.9. The quantitative estimate of drug-likeness (QED) is 0.0783. The second-order valence-corrected chi connectivity index (χ2v) is 9.83. The number of esters is 2. The molecule has 45 heavy (non-hydrogen) atoms. The number of benzene rings is 4. The molecule has 4 rings (SSSR count). The molecule has 0 saturated heterocycles. The molecule has 0 radical (unpaired) electrons. The van der Waals surface area contributed by atoms with Gasteiger partial charge in [-0.1, -0.05) is 85.5 Å². The van der Waals surface area contributed by atoms with E-state index >= 15 is 0 Å². The van der Waals surface area contributed by atoms with E-state index in [1.54, 1.807) is 42.5 Å². The summed E-state index contributed by atoms with van der Waals surface area (Å²) in [5.41, 5.74) is 3.39. The van der Waals surface area contributed by atoms with Crippen LogP contribution in [0.5, 0.6) is 23.0 Å². The minimum Gasteiger partial charge on any atom is -0.493 e. The molecule has 232 valence electrons. The van der Waals surface area contributed by atoms with Crippen molar-refractivity contribution in [2.24, 2.45) is 0 Å². The van der Waals surface area contributed by atoms with Gasteiger partial charge in [0.2, 0.25) is 6.10 Å². The maximum absolute atomic E-state index is 12.9. The molecule has 0 fully saturated rings. The highest BCUT2D eigenvalue weighted by molar-refractivity contribution is 5.89. The Hall–Kier alpha value is -5.50. The third-order valence-electron chi connectivity index (χ3n) is 6.59. The summed E-state index contributed by atoms with van der Waals surface area (Å²) in [6, 6.07) is 30.2. The average Bonchev–Trinajstić information content (AvgIpc) is 3.08. The molecule has 0 aliphatic rings. The van der Waals surface area contributed by atoms with Crippen LogP contribution in [0.1, 0.15) is 22.3 Å². The highest BCUT2D eigenvalue weighted by Gasteiger charge is 2.25. The van der Waals surface area contributed by atoms with Crippen LogP contribution in [-0.4, -0.2) is 38.9 Å². The zero-order valence-electron chi connectivity index (χ0n) is 25.3. The molecule has 1 unspecified atom stereocenters. The van der Waals surface area contributed by atoms with Gasteiger partial charge in [-0.15, -0.1) is 0 Å². The first kappa shape index (κ1) is 32.4. The Kier molecular flexibility index (Phi) is 12.2. The fraction of sp³-hybridized carbons (Fsp3) is 0.189. The van der Waals surface area contributed by atoms with Gasteiger partial charge in [0.25, 0.3) is 0 Å². The van der Waals surface area contributed by atoms with Crippen LogP contribution in [0.2, 0.25) is 0 Å². The smallest absolute Gasteiger partial charge is 0.348 e. The van der Waals surface area contributed by atoms with Gasteiger partial charge in [-0.3, -0.25) is 0 Å². The predicted octanol–water partition coefficient (Wildman–Crippen LogP) is 6.76. The van der Waals surface area contributed by atoms with Gasteiger partial charge >= 0.3 is 11.9 Å². The summed E-state index contributed by atoms with van der Waals surface area (Å²) in [5.74, 6) is 0.700. The van der Waals surface area contributed by atoms with Gasteiger partial charge in [-0.05, 0) is 52.6 Å². The molecule has 1 atom stereocenters. The number of hydrogen-bond donors (Lipinski definition) is 0. The zero-order chi connectivity index (χ0) is 31.9. The van der Waals surface area contributed by atoms with Crippen LogP contribution < -0.4 is 18.9 Å². The molecule has 8 heteroatoms. The Labute approximate surface area is 263 Å². The molecular weight excluding hydrogens is 572 g/mol. The second kappa shape index (κ2) is 17.0. The summed E-state index contributed by atoms with van der Waals surface area (Å²) in [7, 11) is 3.05. The standard InChI is InChI=1S/C37H36O8/c1-4-21-42-37(39)35(24-30-16-18-31(40-2)33(23-30)41-3)45-36(38)20-17-27-15-19-32(43-25-28-11-7-5-8-12-28)34(22-27)44-26-29-13-9-6-10-14-29/h4-20,22-23,35H,1,21,24-26H2,2-3H3/b20-17+. The molecule has 4 aromatic rings. The fourth-order valence-electron chi connectivity index (χ4n) is 4.30. The lowest BCUT2D eigenvalue weighted by molar-refractivity contribution is -0.164. The summed E-state index contributed by atoms with van der Waals surface area (Å²) in [6.07, 6.45) is 3.15. The van der Waals surface area contributed by atoms with Gasteiger partial charge in [0, 0.05) is 12.5 Å². The largest absolute Gasteiger partial charge is 0.493 e. The summed E-state index contributed by atoms with van der Waals surface area (Å²) in [6.45, 7) is 4.26. The second-order valence-electron chi connectivity index (χ2n) is 9.83. The van der Waals surface area contributed by atoms with Gasteiger partial charge in [-0.2, -0.15) is 0 Å². The molecule has 0 saturated carbocycles. The van der Waals surface area contributed by atoms with E-state index in [0.29, 0.717) is 47.3 Å².